The van der Waals surface area contributed by atoms with Crippen LogP contribution in [0, 0.1) is 13.8 Å². The summed E-state index contributed by atoms with van der Waals surface area (Å²) >= 11 is 0. The Morgan fingerprint density at radius 3 is 2.89 bits per heavy atom. The summed E-state index contributed by atoms with van der Waals surface area (Å²) in [5.74, 6) is 0.932. The van der Waals surface area contributed by atoms with Gasteiger partial charge in [0.1, 0.15) is 12.4 Å². The molecule has 2 aromatic rings. The maximum absolute atomic E-state index is 5.76. The van der Waals surface area contributed by atoms with Gasteiger partial charge in [-0.1, -0.05) is 22.9 Å². The van der Waals surface area contributed by atoms with Gasteiger partial charge < -0.3 is 10.1 Å². The Morgan fingerprint density at radius 2 is 2.16 bits per heavy atom. The van der Waals surface area contributed by atoms with Gasteiger partial charge in [0, 0.05) is 12.7 Å². The molecule has 0 aliphatic rings. The van der Waals surface area contributed by atoms with Gasteiger partial charge in [0.05, 0.1) is 12.2 Å². The molecule has 0 amide bonds. The van der Waals surface area contributed by atoms with E-state index in [0.29, 0.717) is 13.2 Å². The van der Waals surface area contributed by atoms with E-state index >= 15 is 0 Å². The van der Waals surface area contributed by atoms with E-state index < -0.39 is 0 Å². The van der Waals surface area contributed by atoms with Crippen LogP contribution in [0.5, 0.6) is 5.75 Å². The van der Waals surface area contributed by atoms with Crippen LogP contribution in [0.4, 0.5) is 0 Å². The van der Waals surface area contributed by atoms with E-state index in [9.17, 15) is 0 Å². The third kappa shape index (κ3) is 3.79. The molecule has 1 heterocycles. The first-order valence-corrected chi connectivity index (χ1v) is 6.42. The molecule has 2 rings (SSSR count). The molecule has 0 saturated heterocycles. The van der Waals surface area contributed by atoms with E-state index in [1.165, 1.54) is 5.56 Å². The lowest BCUT2D eigenvalue weighted by Crippen LogP contribution is -2.09. The summed E-state index contributed by atoms with van der Waals surface area (Å²) in [4.78, 5) is 0. The molecule has 1 N–H and O–H groups in total. The van der Waals surface area contributed by atoms with Gasteiger partial charge in [-0.3, -0.25) is 0 Å². The van der Waals surface area contributed by atoms with Crippen LogP contribution in [0.25, 0.3) is 0 Å². The van der Waals surface area contributed by atoms with Crippen LogP contribution in [-0.4, -0.2) is 28.6 Å². The molecule has 5 nitrogen and oxygen atoms in total. The van der Waals surface area contributed by atoms with E-state index in [0.717, 1.165) is 23.6 Å². The van der Waals surface area contributed by atoms with Crippen molar-refractivity contribution >= 4 is 0 Å². The molecule has 1 aromatic carbocycles. The highest BCUT2D eigenvalue weighted by Gasteiger charge is 2.02. The fraction of sp³-hybridized carbons (Fsp3) is 0.429. The molecule has 0 radical (unpaired) electrons. The summed E-state index contributed by atoms with van der Waals surface area (Å²) in [6, 6.07) is 6.19. The minimum atomic E-state index is 0.590. The standard InChI is InChI=1S/C14H20N4O/c1-11-4-5-14(12(2)8-11)19-7-6-18-10-13(9-15-3)16-17-18/h4-5,8,10,15H,6-7,9H2,1-3H3. The van der Waals surface area contributed by atoms with E-state index in [2.05, 4.69) is 41.6 Å². The average Bonchev–Trinajstić information content (AvgIpc) is 2.80. The molecule has 0 aliphatic heterocycles. The Bertz CT molecular complexity index is 536. The maximum atomic E-state index is 5.76. The van der Waals surface area contributed by atoms with Crippen LogP contribution in [-0.2, 0) is 13.1 Å². The summed E-state index contributed by atoms with van der Waals surface area (Å²) in [6.45, 7) is 6.16. The molecular weight excluding hydrogens is 240 g/mol. The van der Waals surface area contributed by atoms with Crippen molar-refractivity contribution in [1.82, 2.24) is 20.3 Å². The Hall–Kier alpha value is -1.88. The fourth-order valence-corrected chi connectivity index (χ4v) is 1.92. The molecule has 0 fully saturated rings. The minimum Gasteiger partial charge on any atom is -0.491 e. The third-order valence-electron chi connectivity index (χ3n) is 2.85. The predicted molar refractivity (Wildman–Crippen MR) is 74.2 cm³/mol. The number of aromatic nitrogens is 3. The van der Waals surface area contributed by atoms with Gasteiger partial charge in [-0.2, -0.15) is 0 Å². The van der Waals surface area contributed by atoms with Gasteiger partial charge in [0.25, 0.3) is 0 Å². The normalized spacial score (nSPS) is 10.7. The van der Waals surface area contributed by atoms with Crippen molar-refractivity contribution in [1.29, 1.82) is 0 Å². The van der Waals surface area contributed by atoms with Crippen LogP contribution in [0.1, 0.15) is 16.8 Å². The number of hydrogen-bond acceptors (Lipinski definition) is 4. The molecular formula is C14H20N4O. The minimum absolute atomic E-state index is 0.590. The van der Waals surface area contributed by atoms with E-state index in [-0.39, 0.29) is 0 Å². The van der Waals surface area contributed by atoms with Gasteiger partial charge in [-0.05, 0) is 32.5 Å². The monoisotopic (exact) mass is 260 g/mol. The topological polar surface area (TPSA) is 52.0 Å². The Labute approximate surface area is 113 Å². The predicted octanol–water partition coefficient (Wildman–Crippen LogP) is 1.69. The quantitative estimate of drug-likeness (QED) is 0.859. The number of hydrogen-bond donors (Lipinski definition) is 1. The maximum Gasteiger partial charge on any atom is 0.122 e. The van der Waals surface area contributed by atoms with Crippen molar-refractivity contribution in [3.8, 4) is 5.75 Å². The lowest BCUT2D eigenvalue weighted by molar-refractivity contribution is 0.288. The van der Waals surface area contributed by atoms with Gasteiger partial charge in [-0.15, -0.1) is 5.10 Å². The Kier molecular flexibility index (Phi) is 4.52. The van der Waals surface area contributed by atoms with Crippen molar-refractivity contribution < 1.29 is 4.74 Å². The molecule has 0 atom stereocenters. The summed E-state index contributed by atoms with van der Waals surface area (Å²) in [7, 11) is 1.89. The average molecular weight is 260 g/mol. The molecule has 19 heavy (non-hydrogen) atoms. The highest BCUT2D eigenvalue weighted by atomic mass is 16.5. The van der Waals surface area contributed by atoms with E-state index in [1.807, 2.05) is 19.3 Å². The van der Waals surface area contributed by atoms with Crippen molar-refractivity contribution in [2.45, 2.75) is 26.9 Å². The summed E-state index contributed by atoms with van der Waals surface area (Å²) in [5, 5.41) is 11.1. The molecule has 1 aromatic heterocycles. The highest BCUT2D eigenvalue weighted by Crippen LogP contribution is 2.18. The van der Waals surface area contributed by atoms with Crippen molar-refractivity contribution in [3.63, 3.8) is 0 Å². The van der Waals surface area contributed by atoms with E-state index in [1.54, 1.807) is 4.68 Å². The van der Waals surface area contributed by atoms with Gasteiger partial charge in [0.15, 0.2) is 0 Å². The number of nitrogens with zero attached hydrogens (tertiary/aromatic N) is 3. The highest BCUT2D eigenvalue weighted by molar-refractivity contribution is 5.35. The zero-order valence-corrected chi connectivity index (χ0v) is 11.7. The Morgan fingerprint density at radius 1 is 1.32 bits per heavy atom. The molecule has 0 aliphatic carbocycles. The molecule has 0 bridgehead atoms. The number of ether oxygens (including phenoxy) is 1. The van der Waals surface area contributed by atoms with Crippen LogP contribution >= 0.6 is 0 Å². The van der Waals surface area contributed by atoms with Crippen LogP contribution < -0.4 is 10.1 Å². The molecule has 0 unspecified atom stereocenters. The van der Waals surface area contributed by atoms with Crippen molar-refractivity contribution in [3.05, 3.63) is 41.2 Å². The van der Waals surface area contributed by atoms with Crippen molar-refractivity contribution in [2.24, 2.45) is 0 Å². The number of benzene rings is 1. The first-order valence-electron chi connectivity index (χ1n) is 6.42. The molecule has 0 spiro atoms. The molecule has 5 heteroatoms. The summed E-state index contributed by atoms with van der Waals surface area (Å²) < 4.78 is 7.56. The lowest BCUT2D eigenvalue weighted by atomic mass is 10.1. The van der Waals surface area contributed by atoms with Crippen LogP contribution in [0.2, 0.25) is 0 Å². The second-order valence-electron chi connectivity index (χ2n) is 4.62. The number of aryl methyl sites for hydroxylation is 2. The van der Waals surface area contributed by atoms with E-state index in [4.69, 9.17) is 4.74 Å². The van der Waals surface area contributed by atoms with Crippen LogP contribution in [0.3, 0.4) is 0 Å². The first-order chi connectivity index (χ1) is 9.19. The first kappa shape index (κ1) is 13.5. The zero-order valence-electron chi connectivity index (χ0n) is 11.7. The molecule has 0 saturated carbocycles. The second-order valence-corrected chi connectivity index (χ2v) is 4.62. The number of nitrogens with one attached hydrogen (secondary N) is 1. The van der Waals surface area contributed by atoms with Gasteiger partial charge >= 0.3 is 0 Å². The third-order valence-corrected chi connectivity index (χ3v) is 2.85. The summed E-state index contributed by atoms with van der Waals surface area (Å²) in [6.07, 6.45) is 1.93. The summed E-state index contributed by atoms with van der Waals surface area (Å²) in [5.41, 5.74) is 3.35. The van der Waals surface area contributed by atoms with Crippen LogP contribution in [0.15, 0.2) is 24.4 Å². The Balaban J connectivity index is 1.85. The van der Waals surface area contributed by atoms with Crippen molar-refractivity contribution in [2.75, 3.05) is 13.7 Å². The van der Waals surface area contributed by atoms with Gasteiger partial charge in [-0.25, -0.2) is 4.68 Å². The molecule has 102 valence electrons. The SMILES string of the molecule is CNCc1cn(CCOc2ccc(C)cc2C)nn1. The largest absolute Gasteiger partial charge is 0.491 e. The zero-order chi connectivity index (χ0) is 13.7. The fourth-order valence-electron chi connectivity index (χ4n) is 1.92. The van der Waals surface area contributed by atoms with Gasteiger partial charge in [0.2, 0.25) is 0 Å². The number of rotatable bonds is 6. The smallest absolute Gasteiger partial charge is 0.122 e. The second kappa shape index (κ2) is 6.33. The lowest BCUT2D eigenvalue weighted by Gasteiger charge is -2.09.